The highest BCUT2D eigenvalue weighted by Crippen LogP contribution is 2.17. The SMILES string of the molecule is Cc1ccc2c(c1)nc(CCCCCl)n2C. The zero-order valence-electron chi connectivity index (χ0n) is 9.83. The van der Waals surface area contributed by atoms with E-state index in [4.69, 9.17) is 11.6 Å². The maximum Gasteiger partial charge on any atom is 0.109 e. The number of hydrogen-bond donors (Lipinski definition) is 0. The molecule has 0 bridgehead atoms. The lowest BCUT2D eigenvalue weighted by molar-refractivity contribution is 0.722. The maximum absolute atomic E-state index is 5.68. The molecular weight excluding hydrogens is 220 g/mol. The number of imidazole rings is 1. The molecule has 0 radical (unpaired) electrons. The number of rotatable bonds is 4. The number of nitrogens with zero attached hydrogens (tertiary/aromatic N) is 2. The Balaban J connectivity index is 2.29. The minimum atomic E-state index is 0.739. The van der Waals surface area contributed by atoms with Crippen LogP contribution in [0.5, 0.6) is 0 Å². The highest BCUT2D eigenvalue weighted by atomic mass is 35.5. The van der Waals surface area contributed by atoms with Gasteiger partial charge in [-0.15, -0.1) is 11.6 Å². The van der Waals surface area contributed by atoms with E-state index in [0.29, 0.717) is 0 Å². The molecule has 2 aromatic rings. The lowest BCUT2D eigenvalue weighted by atomic mass is 10.2. The van der Waals surface area contributed by atoms with Gasteiger partial charge in [-0.25, -0.2) is 4.98 Å². The second kappa shape index (κ2) is 4.88. The summed E-state index contributed by atoms with van der Waals surface area (Å²) in [6.07, 6.45) is 3.18. The van der Waals surface area contributed by atoms with Gasteiger partial charge in [0, 0.05) is 19.3 Å². The Hall–Kier alpha value is -1.02. The molecule has 0 saturated heterocycles. The van der Waals surface area contributed by atoms with Crippen molar-refractivity contribution < 1.29 is 0 Å². The van der Waals surface area contributed by atoms with Crippen molar-refractivity contribution in [2.75, 3.05) is 5.88 Å². The Morgan fingerprint density at radius 3 is 2.88 bits per heavy atom. The van der Waals surface area contributed by atoms with Crippen molar-refractivity contribution in [3.63, 3.8) is 0 Å². The van der Waals surface area contributed by atoms with Gasteiger partial charge in [0.15, 0.2) is 0 Å². The molecule has 1 aromatic heterocycles. The normalized spacial score (nSPS) is 11.2. The van der Waals surface area contributed by atoms with Crippen molar-refractivity contribution in [1.29, 1.82) is 0 Å². The van der Waals surface area contributed by atoms with E-state index in [1.54, 1.807) is 0 Å². The van der Waals surface area contributed by atoms with Crippen LogP contribution in [0, 0.1) is 6.92 Å². The predicted molar refractivity (Wildman–Crippen MR) is 69.1 cm³/mol. The summed E-state index contributed by atoms with van der Waals surface area (Å²) in [6, 6.07) is 6.41. The summed E-state index contributed by atoms with van der Waals surface area (Å²) in [7, 11) is 2.08. The Morgan fingerprint density at radius 1 is 1.31 bits per heavy atom. The van der Waals surface area contributed by atoms with Crippen molar-refractivity contribution >= 4 is 22.6 Å². The van der Waals surface area contributed by atoms with Crippen molar-refractivity contribution in [2.45, 2.75) is 26.2 Å². The number of alkyl halides is 1. The molecule has 0 spiro atoms. The van der Waals surface area contributed by atoms with Gasteiger partial charge in [0.25, 0.3) is 0 Å². The summed E-state index contributed by atoms with van der Waals surface area (Å²) in [6.45, 7) is 2.10. The minimum Gasteiger partial charge on any atom is -0.331 e. The number of unbranched alkanes of at least 4 members (excludes halogenated alkanes) is 1. The summed E-state index contributed by atoms with van der Waals surface area (Å²) in [5.74, 6) is 1.90. The highest BCUT2D eigenvalue weighted by Gasteiger charge is 2.06. The van der Waals surface area contributed by atoms with Gasteiger partial charge in [0.1, 0.15) is 5.82 Å². The molecule has 1 heterocycles. The standard InChI is InChI=1S/C13H17ClN2/c1-10-6-7-12-11(9-10)15-13(16(12)2)5-3-4-8-14/h6-7,9H,3-5,8H2,1-2H3. The largest absolute Gasteiger partial charge is 0.331 e. The first kappa shape index (κ1) is 11.5. The third-order valence-electron chi connectivity index (χ3n) is 2.91. The monoisotopic (exact) mass is 236 g/mol. The molecular formula is C13H17ClN2. The van der Waals surface area contributed by atoms with E-state index < -0.39 is 0 Å². The molecule has 0 saturated carbocycles. The first-order valence-corrected chi connectivity index (χ1v) is 6.24. The van der Waals surface area contributed by atoms with Crippen LogP contribution < -0.4 is 0 Å². The third kappa shape index (κ3) is 2.22. The fourth-order valence-electron chi connectivity index (χ4n) is 1.96. The van der Waals surface area contributed by atoms with Gasteiger partial charge in [0.05, 0.1) is 11.0 Å². The van der Waals surface area contributed by atoms with E-state index in [1.165, 1.54) is 11.1 Å². The molecule has 0 atom stereocenters. The van der Waals surface area contributed by atoms with Crippen LogP contribution in [0.4, 0.5) is 0 Å². The quantitative estimate of drug-likeness (QED) is 0.587. The van der Waals surface area contributed by atoms with Crippen LogP contribution >= 0.6 is 11.6 Å². The van der Waals surface area contributed by atoms with Gasteiger partial charge < -0.3 is 4.57 Å². The van der Waals surface area contributed by atoms with E-state index in [9.17, 15) is 0 Å². The fourth-order valence-corrected chi connectivity index (χ4v) is 2.15. The molecule has 0 unspecified atom stereocenters. The Labute approximate surface area is 101 Å². The number of aromatic nitrogens is 2. The molecule has 0 fully saturated rings. The predicted octanol–water partition coefficient (Wildman–Crippen LogP) is 3.44. The van der Waals surface area contributed by atoms with Crippen molar-refractivity contribution in [3.8, 4) is 0 Å². The van der Waals surface area contributed by atoms with Crippen LogP contribution in [-0.4, -0.2) is 15.4 Å². The van der Waals surface area contributed by atoms with Gasteiger partial charge in [-0.1, -0.05) is 6.07 Å². The van der Waals surface area contributed by atoms with Crippen LogP contribution in [0.25, 0.3) is 11.0 Å². The molecule has 2 nitrogen and oxygen atoms in total. The van der Waals surface area contributed by atoms with Crippen molar-refractivity contribution in [2.24, 2.45) is 7.05 Å². The van der Waals surface area contributed by atoms with E-state index in [-0.39, 0.29) is 0 Å². The third-order valence-corrected chi connectivity index (χ3v) is 3.18. The highest BCUT2D eigenvalue weighted by molar-refractivity contribution is 6.17. The minimum absolute atomic E-state index is 0.739. The second-order valence-corrected chi connectivity index (χ2v) is 4.60. The second-order valence-electron chi connectivity index (χ2n) is 4.23. The van der Waals surface area contributed by atoms with E-state index in [2.05, 4.69) is 41.7 Å². The van der Waals surface area contributed by atoms with E-state index in [1.807, 2.05) is 0 Å². The van der Waals surface area contributed by atoms with E-state index >= 15 is 0 Å². The summed E-state index contributed by atoms with van der Waals surface area (Å²) in [5.41, 5.74) is 3.58. The molecule has 0 amide bonds. The number of aryl methyl sites for hydroxylation is 3. The van der Waals surface area contributed by atoms with Crippen molar-refractivity contribution in [1.82, 2.24) is 9.55 Å². The number of benzene rings is 1. The number of fused-ring (bicyclic) bond motifs is 1. The van der Waals surface area contributed by atoms with E-state index in [0.717, 1.165) is 36.5 Å². The lowest BCUT2D eigenvalue weighted by Crippen LogP contribution is -1.98. The first-order chi connectivity index (χ1) is 7.72. The smallest absolute Gasteiger partial charge is 0.109 e. The molecule has 16 heavy (non-hydrogen) atoms. The van der Waals surface area contributed by atoms with Gasteiger partial charge >= 0.3 is 0 Å². The Morgan fingerprint density at radius 2 is 2.12 bits per heavy atom. The first-order valence-electron chi connectivity index (χ1n) is 5.70. The van der Waals surface area contributed by atoms with Crippen LogP contribution in [0.1, 0.15) is 24.2 Å². The summed E-state index contributed by atoms with van der Waals surface area (Å²) in [4.78, 5) is 4.66. The molecule has 86 valence electrons. The maximum atomic E-state index is 5.68. The zero-order chi connectivity index (χ0) is 11.5. The zero-order valence-corrected chi connectivity index (χ0v) is 10.6. The molecule has 3 heteroatoms. The number of halogens is 1. The number of hydrogen-bond acceptors (Lipinski definition) is 1. The lowest BCUT2D eigenvalue weighted by Gasteiger charge is -2.01. The van der Waals surface area contributed by atoms with Gasteiger partial charge in [0.2, 0.25) is 0 Å². The topological polar surface area (TPSA) is 17.8 Å². The molecule has 0 aliphatic rings. The molecule has 0 aliphatic heterocycles. The summed E-state index contributed by atoms with van der Waals surface area (Å²) in [5, 5.41) is 0. The molecule has 2 rings (SSSR count). The Kier molecular flexibility index (Phi) is 3.49. The molecule has 0 aliphatic carbocycles. The van der Waals surface area contributed by atoms with Gasteiger partial charge in [-0.2, -0.15) is 0 Å². The van der Waals surface area contributed by atoms with Crippen molar-refractivity contribution in [3.05, 3.63) is 29.6 Å². The molecule has 0 N–H and O–H groups in total. The fraction of sp³-hybridized carbons (Fsp3) is 0.462. The summed E-state index contributed by atoms with van der Waals surface area (Å²) >= 11 is 5.68. The van der Waals surface area contributed by atoms with Crippen LogP contribution in [0.2, 0.25) is 0 Å². The van der Waals surface area contributed by atoms with Gasteiger partial charge in [-0.3, -0.25) is 0 Å². The Bertz CT molecular complexity index is 488. The van der Waals surface area contributed by atoms with Crippen LogP contribution in [-0.2, 0) is 13.5 Å². The van der Waals surface area contributed by atoms with Gasteiger partial charge in [-0.05, 0) is 37.5 Å². The van der Waals surface area contributed by atoms with Crippen LogP contribution in [0.3, 0.4) is 0 Å². The molecule has 1 aromatic carbocycles. The summed E-state index contributed by atoms with van der Waals surface area (Å²) < 4.78 is 2.18. The van der Waals surface area contributed by atoms with Crippen LogP contribution in [0.15, 0.2) is 18.2 Å². The average molecular weight is 237 g/mol. The average Bonchev–Trinajstić information content (AvgIpc) is 2.56.